The highest BCUT2D eigenvalue weighted by atomic mass is 16.1. The summed E-state index contributed by atoms with van der Waals surface area (Å²) in [5.41, 5.74) is 2.27. The van der Waals surface area contributed by atoms with Crippen LogP contribution in [0.5, 0.6) is 0 Å². The van der Waals surface area contributed by atoms with Crippen molar-refractivity contribution in [2.24, 2.45) is 11.8 Å². The van der Waals surface area contributed by atoms with Crippen LogP contribution in [0.25, 0.3) is 0 Å². The van der Waals surface area contributed by atoms with Gasteiger partial charge >= 0.3 is 0 Å². The molecule has 0 aromatic heterocycles. The average Bonchev–Trinajstić information content (AvgIpc) is 2.66. The molecule has 1 nitrogen and oxygen atoms in total. The molecule has 1 fully saturated rings. The minimum Gasteiger partial charge on any atom is -0.294 e. The van der Waals surface area contributed by atoms with Crippen molar-refractivity contribution in [1.29, 1.82) is 0 Å². The third-order valence-electron chi connectivity index (χ3n) is 3.76. The molecule has 14 heavy (non-hydrogen) atoms. The molecule has 0 spiro atoms. The van der Waals surface area contributed by atoms with E-state index in [-0.39, 0.29) is 0 Å². The van der Waals surface area contributed by atoms with E-state index in [4.69, 9.17) is 0 Å². The Morgan fingerprint density at radius 3 is 2.93 bits per heavy atom. The second-order valence-corrected chi connectivity index (χ2v) is 4.52. The van der Waals surface area contributed by atoms with Gasteiger partial charge in [0.15, 0.2) is 5.78 Å². The molecule has 0 heterocycles. The molecule has 0 aliphatic heterocycles. The summed E-state index contributed by atoms with van der Waals surface area (Å²) >= 11 is 0. The van der Waals surface area contributed by atoms with Crippen LogP contribution >= 0.6 is 0 Å². The number of hydrogen-bond acceptors (Lipinski definition) is 1. The molecule has 3 rings (SSSR count). The number of ketones is 1. The number of hydrogen-bond donors (Lipinski definition) is 0. The van der Waals surface area contributed by atoms with Gasteiger partial charge < -0.3 is 0 Å². The third-order valence-corrected chi connectivity index (χ3v) is 3.76. The predicted molar refractivity (Wildman–Crippen MR) is 55.3 cm³/mol. The van der Waals surface area contributed by atoms with Gasteiger partial charge in [0, 0.05) is 11.5 Å². The lowest BCUT2D eigenvalue weighted by Gasteiger charge is -2.26. The Labute approximate surface area is 84.1 Å². The molecular formula is C13H14O. The number of carbonyl (C=O) groups is 1. The minimum absolute atomic E-state index is 0.352. The molecular weight excluding hydrogens is 172 g/mol. The van der Waals surface area contributed by atoms with Crippen LogP contribution in [0.2, 0.25) is 0 Å². The molecule has 2 aliphatic carbocycles. The molecule has 1 aromatic carbocycles. The van der Waals surface area contributed by atoms with Gasteiger partial charge in [-0.15, -0.1) is 0 Å². The quantitative estimate of drug-likeness (QED) is 0.609. The van der Waals surface area contributed by atoms with Crippen LogP contribution in [0.4, 0.5) is 0 Å². The highest BCUT2D eigenvalue weighted by Crippen LogP contribution is 2.40. The van der Waals surface area contributed by atoms with Crippen molar-refractivity contribution in [1.82, 2.24) is 0 Å². The van der Waals surface area contributed by atoms with Crippen LogP contribution in [0.1, 0.15) is 35.2 Å². The monoisotopic (exact) mass is 186 g/mol. The Morgan fingerprint density at radius 2 is 2.00 bits per heavy atom. The van der Waals surface area contributed by atoms with Gasteiger partial charge in [-0.3, -0.25) is 4.79 Å². The summed E-state index contributed by atoms with van der Waals surface area (Å²) in [6.07, 6.45) is 4.75. The Kier molecular flexibility index (Phi) is 1.73. The van der Waals surface area contributed by atoms with E-state index in [0.717, 1.165) is 18.4 Å². The topological polar surface area (TPSA) is 17.1 Å². The van der Waals surface area contributed by atoms with Crippen molar-refractivity contribution >= 4 is 5.78 Å². The van der Waals surface area contributed by atoms with E-state index in [2.05, 4.69) is 6.07 Å². The first-order chi connectivity index (χ1) is 6.86. The van der Waals surface area contributed by atoms with Gasteiger partial charge in [-0.05, 0) is 30.7 Å². The fourth-order valence-electron chi connectivity index (χ4n) is 3.05. The maximum atomic E-state index is 12.1. The maximum Gasteiger partial charge on any atom is 0.166 e. The van der Waals surface area contributed by atoms with Crippen LogP contribution < -0.4 is 0 Å². The second kappa shape index (κ2) is 2.94. The number of fused-ring (bicyclic) bond motifs is 2. The molecule has 2 atom stereocenters. The summed E-state index contributed by atoms with van der Waals surface area (Å²) in [7, 11) is 0. The summed E-state index contributed by atoms with van der Waals surface area (Å²) in [6.45, 7) is 0. The highest BCUT2D eigenvalue weighted by molar-refractivity contribution is 6.00. The van der Waals surface area contributed by atoms with Crippen molar-refractivity contribution in [3.05, 3.63) is 35.4 Å². The van der Waals surface area contributed by atoms with Gasteiger partial charge in [0.05, 0.1) is 0 Å². The summed E-state index contributed by atoms with van der Waals surface area (Å²) in [5, 5.41) is 0. The van der Waals surface area contributed by atoms with Crippen LogP contribution in [0, 0.1) is 11.8 Å². The SMILES string of the molecule is O=C1c2ccccc2CC2CCCC12. The summed E-state index contributed by atoms with van der Waals surface area (Å²) in [6, 6.07) is 8.13. The first-order valence-electron chi connectivity index (χ1n) is 5.48. The number of Topliss-reactive ketones (excluding diaryl/α,β-unsaturated/α-hetero) is 1. The van der Waals surface area contributed by atoms with E-state index in [9.17, 15) is 4.79 Å². The Hall–Kier alpha value is -1.11. The fraction of sp³-hybridized carbons (Fsp3) is 0.462. The molecule has 2 aliphatic rings. The van der Waals surface area contributed by atoms with Crippen molar-refractivity contribution < 1.29 is 4.79 Å². The average molecular weight is 186 g/mol. The van der Waals surface area contributed by atoms with Gasteiger partial charge in [-0.2, -0.15) is 0 Å². The van der Waals surface area contributed by atoms with Crippen LogP contribution in [0.15, 0.2) is 24.3 Å². The lowest BCUT2D eigenvalue weighted by Crippen LogP contribution is -2.27. The first-order valence-corrected chi connectivity index (χ1v) is 5.48. The zero-order valence-corrected chi connectivity index (χ0v) is 8.20. The number of rotatable bonds is 0. The Balaban J connectivity index is 2.08. The van der Waals surface area contributed by atoms with E-state index in [1.807, 2.05) is 18.2 Å². The van der Waals surface area contributed by atoms with E-state index in [0.29, 0.717) is 17.6 Å². The van der Waals surface area contributed by atoms with Crippen molar-refractivity contribution in [2.45, 2.75) is 25.7 Å². The summed E-state index contributed by atoms with van der Waals surface area (Å²) < 4.78 is 0. The maximum absolute atomic E-state index is 12.1. The Bertz CT molecular complexity index is 381. The molecule has 1 heteroatoms. The molecule has 0 saturated heterocycles. The summed E-state index contributed by atoms with van der Waals surface area (Å²) in [5.74, 6) is 1.41. The van der Waals surface area contributed by atoms with E-state index >= 15 is 0 Å². The van der Waals surface area contributed by atoms with E-state index < -0.39 is 0 Å². The lowest BCUT2D eigenvalue weighted by molar-refractivity contribution is 0.0875. The van der Waals surface area contributed by atoms with Gasteiger partial charge in [0.1, 0.15) is 0 Å². The second-order valence-electron chi connectivity index (χ2n) is 4.52. The number of carbonyl (C=O) groups excluding carboxylic acids is 1. The standard InChI is InChI=1S/C13H14O/c14-13-11-6-2-1-4-9(11)8-10-5-3-7-12(10)13/h1-2,4,6,10,12H,3,5,7-8H2. The van der Waals surface area contributed by atoms with Gasteiger partial charge in [-0.1, -0.05) is 30.7 Å². The zero-order valence-electron chi connectivity index (χ0n) is 8.20. The minimum atomic E-state index is 0.352. The smallest absolute Gasteiger partial charge is 0.166 e. The first kappa shape index (κ1) is 8.22. The fourth-order valence-corrected chi connectivity index (χ4v) is 3.05. The molecule has 72 valence electrons. The molecule has 1 aromatic rings. The van der Waals surface area contributed by atoms with Crippen LogP contribution in [-0.2, 0) is 6.42 Å². The Morgan fingerprint density at radius 1 is 1.14 bits per heavy atom. The molecule has 0 radical (unpaired) electrons. The van der Waals surface area contributed by atoms with Gasteiger partial charge in [0.25, 0.3) is 0 Å². The molecule has 0 bridgehead atoms. The molecule has 0 N–H and O–H groups in total. The van der Waals surface area contributed by atoms with Crippen molar-refractivity contribution in [2.75, 3.05) is 0 Å². The van der Waals surface area contributed by atoms with Crippen molar-refractivity contribution in [3.63, 3.8) is 0 Å². The van der Waals surface area contributed by atoms with Crippen LogP contribution in [0.3, 0.4) is 0 Å². The van der Waals surface area contributed by atoms with E-state index in [1.165, 1.54) is 18.4 Å². The number of benzene rings is 1. The van der Waals surface area contributed by atoms with Crippen molar-refractivity contribution in [3.8, 4) is 0 Å². The normalized spacial score (nSPS) is 29.9. The predicted octanol–water partition coefficient (Wildman–Crippen LogP) is 2.84. The van der Waals surface area contributed by atoms with Crippen LogP contribution in [-0.4, -0.2) is 5.78 Å². The largest absolute Gasteiger partial charge is 0.294 e. The van der Waals surface area contributed by atoms with Gasteiger partial charge in [0.2, 0.25) is 0 Å². The molecule has 0 amide bonds. The molecule has 1 saturated carbocycles. The highest BCUT2D eigenvalue weighted by Gasteiger charge is 2.37. The summed E-state index contributed by atoms with van der Waals surface area (Å²) in [4.78, 5) is 12.1. The molecule has 2 unspecified atom stereocenters. The van der Waals surface area contributed by atoms with E-state index in [1.54, 1.807) is 0 Å². The lowest BCUT2D eigenvalue weighted by atomic mass is 9.77. The van der Waals surface area contributed by atoms with Gasteiger partial charge in [-0.25, -0.2) is 0 Å². The zero-order chi connectivity index (χ0) is 9.54. The third kappa shape index (κ3) is 1.05.